The number of rotatable bonds is 5. The van der Waals surface area contributed by atoms with Crippen molar-refractivity contribution in [3.63, 3.8) is 0 Å². The number of aryl methyl sites for hydroxylation is 1. The van der Waals surface area contributed by atoms with E-state index in [1.54, 1.807) is 4.31 Å². The Kier molecular flexibility index (Phi) is 3.34. The predicted molar refractivity (Wildman–Crippen MR) is 80.8 cm³/mol. The Morgan fingerprint density at radius 1 is 1.23 bits per heavy atom. The van der Waals surface area contributed by atoms with Crippen molar-refractivity contribution < 1.29 is 12.9 Å². The van der Waals surface area contributed by atoms with Crippen LogP contribution in [-0.2, 0) is 15.4 Å². The molecule has 2 heterocycles. The molecule has 0 bridgehead atoms. The van der Waals surface area contributed by atoms with Crippen molar-refractivity contribution in [3.8, 4) is 0 Å². The molecule has 1 aliphatic heterocycles. The summed E-state index contributed by atoms with van der Waals surface area (Å²) in [6.45, 7) is 3.01. The van der Waals surface area contributed by atoms with Crippen LogP contribution in [0, 0.1) is 12.8 Å². The molecule has 0 spiro atoms. The molecule has 4 rings (SSSR count). The van der Waals surface area contributed by atoms with Crippen molar-refractivity contribution in [1.29, 1.82) is 0 Å². The third-order valence-corrected chi connectivity index (χ3v) is 7.76. The Morgan fingerprint density at radius 3 is 2.41 bits per heavy atom. The molecule has 1 aromatic heterocycles. The Labute approximate surface area is 131 Å². The molecular weight excluding hydrogens is 302 g/mol. The molecule has 2 saturated carbocycles. The van der Waals surface area contributed by atoms with E-state index in [1.165, 1.54) is 12.8 Å². The molecule has 6 nitrogen and oxygen atoms in total. The van der Waals surface area contributed by atoms with E-state index in [-0.39, 0.29) is 10.7 Å². The van der Waals surface area contributed by atoms with Crippen LogP contribution in [0.1, 0.15) is 56.7 Å². The SMILES string of the molecule is Cc1nc(C2(CC3CC3)CCN(S(=O)(=O)C3CC3)CC2)no1. The second-order valence-corrected chi connectivity index (χ2v) is 9.42. The average Bonchev–Trinajstić information content (AvgIpc) is 3.39. The topological polar surface area (TPSA) is 76.3 Å². The first kappa shape index (κ1) is 14.6. The summed E-state index contributed by atoms with van der Waals surface area (Å²) in [5.74, 6) is 2.14. The first-order chi connectivity index (χ1) is 10.5. The van der Waals surface area contributed by atoms with Crippen LogP contribution < -0.4 is 0 Å². The maximum Gasteiger partial charge on any atom is 0.223 e. The molecule has 0 radical (unpaired) electrons. The zero-order valence-electron chi connectivity index (χ0n) is 13.0. The minimum atomic E-state index is -3.06. The number of piperidine rings is 1. The molecular formula is C15H23N3O3S. The van der Waals surface area contributed by atoms with Crippen LogP contribution >= 0.6 is 0 Å². The zero-order chi connectivity index (χ0) is 15.4. The minimum Gasteiger partial charge on any atom is -0.340 e. The highest BCUT2D eigenvalue weighted by Crippen LogP contribution is 2.47. The van der Waals surface area contributed by atoms with E-state index in [9.17, 15) is 8.42 Å². The van der Waals surface area contributed by atoms with E-state index in [4.69, 9.17) is 4.52 Å². The lowest BCUT2D eigenvalue weighted by Crippen LogP contribution is -2.46. The van der Waals surface area contributed by atoms with Crippen LogP contribution in [0.4, 0.5) is 0 Å². The van der Waals surface area contributed by atoms with Gasteiger partial charge in [0.25, 0.3) is 0 Å². The Morgan fingerprint density at radius 2 is 1.91 bits per heavy atom. The fourth-order valence-electron chi connectivity index (χ4n) is 3.65. The van der Waals surface area contributed by atoms with E-state index in [2.05, 4.69) is 10.1 Å². The maximum absolute atomic E-state index is 12.4. The van der Waals surface area contributed by atoms with Crippen molar-refractivity contribution >= 4 is 10.0 Å². The van der Waals surface area contributed by atoms with Gasteiger partial charge in [-0.2, -0.15) is 4.98 Å². The molecule has 0 aromatic carbocycles. The molecule has 3 aliphatic rings. The van der Waals surface area contributed by atoms with Gasteiger partial charge in [-0.05, 0) is 38.0 Å². The smallest absolute Gasteiger partial charge is 0.223 e. The van der Waals surface area contributed by atoms with Gasteiger partial charge in [-0.15, -0.1) is 0 Å². The zero-order valence-corrected chi connectivity index (χ0v) is 13.8. The molecule has 122 valence electrons. The van der Waals surface area contributed by atoms with Gasteiger partial charge >= 0.3 is 0 Å². The highest BCUT2D eigenvalue weighted by molar-refractivity contribution is 7.90. The monoisotopic (exact) mass is 325 g/mol. The Hall–Kier alpha value is -0.950. The van der Waals surface area contributed by atoms with Crippen LogP contribution in [0.5, 0.6) is 0 Å². The summed E-state index contributed by atoms with van der Waals surface area (Å²) in [7, 11) is -3.06. The lowest BCUT2D eigenvalue weighted by atomic mass is 9.74. The van der Waals surface area contributed by atoms with Gasteiger partial charge in [0.05, 0.1) is 5.25 Å². The molecule has 22 heavy (non-hydrogen) atoms. The number of sulfonamides is 1. The van der Waals surface area contributed by atoms with Gasteiger partial charge in [-0.3, -0.25) is 0 Å². The summed E-state index contributed by atoms with van der Waals surface area (Å²) in [5, 5.41) is 4.06. The normalized spacial score (nSPS) is 26.2. The van der Waals surface area contributed by atoms with Crippen LogP contribution in [0.25, 0.3) is 0 Å². The van der Waals surface area contributed by atoms with Crippen LogP contribution in [-0.4, -0.2) is 41.2 Å². The summed E-state index contributed by atoms with van der Waals surface area (Å²) < 4.78 is 31.7. The molecule has 2 aliphatic carbocycles. The summed E-state index contributed by atoms with van der Waals surface area (Å²) in [5.41, 5.74) is -0.0888. The number of nitrogens with zero attached hydrogens (tertiary/aromatic N) is 3. The van der Waals surface area contributed by atoms with E-state index in [0.717, 1.165) is 43.8 Å². The maximum atomic E-state index is 12.4. The second-order valence-electron chi connectivity index (χ2n) is 7.21. The first-order valence-electron chi connectivity index (χ1n) is 8.29. The van der Waals surface area contributed by atoms with Gasteiger partial charge in [0.2, 0.25) is 15.9 Å². The quantitative estimate of drug-likeness (QED) is 0.827. The summed E-state index contributed by atoms with van der Waals surface area (Å²) in [4.78, 5) is 4.48. The molecule has 0 unspecified atom stereocenters. The van der Waals surface area contributed by atoms with Gasteiger partial charge < -0.3 is 4.52 Å². The molecule has 1 saturated heterocycles. The summed E-state index contributed by atoms with van der Waals surface area (Å²) in [6, 6.07) is 0. The van der Waals surface area contributed by atoms with E-state index < -0.39 is 10.0 Å². The van der Waals surface area contributed by atoms with Crippen molar-refractivity contribution in [3.05, 3.63) is 11.7 Å². The van der Waals surface area contributed by atoms with Crippen LogP contribution in [0.2, 0.25) is 0 Å². The number of aromatic nitrogens is 2. The fourth-order valence-corrected chi connectivity index (χ4v) is 5.50. The van der Waals surface area contributed by atoms with Gasteiger partial charge in [0.15, 0.2) is 5.82 Å². The highest BCUT2D eigenvalue weighted by atomic mass is 32.2. The van der Waals surface area contributed by atoms with E-state index in [1.807, 2.05) is 6.92 Å². The van der Waals surface area contributed by atoms with Crippen molar-refractivity contribution in [1.82, 2.24) is 14.4 Å². The minimum absolute atomic E-state index is 0.0888. The lowest BCUT2D eigenvalue weighted by Gasteiger charge is -2.39. The third kappa shape index (κ3) is 2.58. The standard InChI is InChI=1S/C15H23N3O3S/c1-11-16-14(17-21-11)15(10-12-2-3-12)6-8-18(9-7-15)22(19,20)13-4-5-13/h12-13H,2-10H2,1H3. The summed E-state index contributed by atoms with van der Waals surface area (Å²) >= 11 is 0. The number of hydrogen-bond acceptors (Lipinski definition) is 5. The Balaban J connectivity index is 1.54. The highest BCUT2D eigenvalue weighted by Gasteiger charge is 2.48. The van der Waals surface area contributed by atoms with E-state index >= 15 is 0 Å². The van der Waals surface area contributed by atoms with Gasteiger partial charge in [0, 0.05) is 25.4 Å². The molecule has 1 aromatic rings. The van der Waals surface area contributed by atoms with Crippen molar-refractivity contribution in [2.75, 3.05) is 13.1 Å². The number of hydrogen-bond donors (Lipinski definition) is 0. The first-order valence-corrected chi connectivity index (χ1v) is 9.80. The Bertz CT molecular complexity index is 653. The van der Waals surface area contributed by atoms with Gasteiger partial charge in [-0.25, -0.2) is 12.7 Å². The summed E-state index contributed by atoms with van der Waals surface area (Å²) in [6.07, 6.45) is 6.92. The molecule has 7 heteroatoms. The van der Waals surface area contributed by atoms with Crippen LogP contribution in [0.15, 0.2) is 4.52 Å². The molecule has 0 amide bonds. The van der Waals surface area contributed by atoms with Gasteiger partial charge in [-0.1, -0.05) is 18.0 Å². The predicted octanol–water partition coefficient (Wildman–Crippen LogP) is 2.00. The second kappa shape index (κ2) is 5.03. The van der Waals surface area contributed by atoms with Crippen LogP contribution in [0.3, 0.4) is 0 Å². The largest absolute Gasteiger partial charge is 0.340 e. The van der Waals surface area contributed by atoms with Gasteiger partial charge in [0.1, 0.15) is 0 Å². The van der Waals surface area contributed by atoms with Crippen molar-refractivity contribution in [2.24, 2.45) is 5.92 Å². The van der Waals surface area contributed by atoms with Crippen molar-refractivity contribution in [2.45, 2.75) is 62.5 Å². The van der Waals surface area contributed by atoms with E-state index in [0.29, 0.717) is 19.0 Å². The molecule has 0 N–H and O–H groups in total. The average molecular weight is 325 g/mol. The fraction of sp³-hybridized carbons (Fsp3) is 0.867. The molecule has 3 fully saturated rings. The lowest BCUT2D eigenvalue weighted by molar-refractivity contribution is 0.197. The molecule has 0 atom stereocenters. The third-order valence-electron chi connectivity index (χ3n) is 5.36.